The van der Waals surface area contributed by atoms with E-state index in [1.54, 1.807) is 13.3 Å². The van der Waals surface area contributed by atoms with Crippen LogP contribution < -0.4 is 11.3 Å². The number of nitrogens with zero attached hydrogens (tertiary/aromatic N) is 1. The highest BCUT2D eigenvalue weighted by molar-refractivity contribution is 5.05. The quantitative estimate of drug-likeness (QED) is 0.530. The number of hydrogen-bond acceptors (Lipinski definition) is 4. The molecular weight excluding hydrogens is 178 g/mol. The first kappa shape index (κ1) is 11.1. The Morgan fingerprint density at radius 2 is 2.36 bits per heavy atom. The monoisotopic (exact) mass is 195 g/mol. The van der Waals surface area contributed by atoms with Crippen molar-refractivity contribution < 1.29 is 4.74 Å². The topological polar surface area (TPSA) is 60.2 Å². The molecule has 0 aliphatic carbocycles. The first-order valence-electron chi connectivity index (χ1n) is 4.66. The molecule has 0 saturated carbocycles. The van der Waals surface area contributed by atoms with Gasteiger partial charge < -0.3 is 4.74 Å². The standard InChI is InChI=1S/C10H17N3O/c1-8(14-2)10(13-11)7-9-5-3-4-6-12-9/h3-6,8,10,13H,7,11H2,1-2H3. The Hall–Kier alpha value is -0.970. The van der Waals surface area contributed by atoms with Crippen LogP contribution in [0, 0.1) is 0 Å². The van der Waals surface area contributed by atoms with Gasteiger partial charge in [0.2, 0.25) is 0 Å². The average Bonchev–Trinajstić information content (AvgIpc) is 2.26. The zero-order valence-electron chi connectivity index (χ0n) is 8.60. The van der Waals surface area contributed by atoms with Gasteiger partial charge in [-0.25, -0.2) is 0 Å². The summed E-state index contributed by atoms with van der Waals surface area (Å²) in [6.45, 7) is 1.98. The number of nitrogens with one attached hydrogen (secondary N) is 1. The largest absolute Gasteiger partial charge is 0.380 e. The summed E-state index contributed by atoms with van der Waals surface area (Å²) in [6, 6.07) is 5.93. The van der Waals surface area contributed by atoms with Gasteiger partial charge in [-0.05, 0) is 19.1 Å². The van der Waals surface area contributed by atoms with E-state index >= 15 is 0 Å². The van der Waals surface area contributed by atoms with Crippen molar-refractivity contribution in [1.82, 2.24) is 10.4 Å². The number of ether oxygens (including phenoxy) is 1. The van der Waals surface area contributed by atoms with Crippen LogP contribution in [0.3, 0.4) is 0 Å². The van der Waals surface area contributed by atoms with Crippen LogP contribution in [0.1, 0.15) is 12.6 Å². The lowest BCUT2D eigenvalue weighted by Gasteiger charge is -2.21. The van der Waals surface area contributed by atoms with E-state index in [4.69, 9.17) is 10.6 Å². The molecule has 1 aromatic heterocycles. The van der Waals surface area contributed by atoms with Crippen LogP contribution in [-0.4, -0.2) is 24.2 Å². The number of nitrogens with two attached hydrogens (primary N) is 1. The number of hydrazine groups is 1. The molecule has 4 heteroatoms. The summed E-state index contributed by atoms with van der Waals surface area (Å²) < 4.78 is 5.21. The lowest BCUT2D eigenvalue weighted by molar-refractivity contribution is 0.0828. The smallest absolute Gasteiger partial charge is 0.0713 e. The van der Waals surface area contributed by atoms with E-state index in [-0.39, 0.29) is 12.1 Å². The summed E-state index contributed by atoms with van der Waals surface area (Å²) in [5.74, 6) is 5.44. The van der Waals surface area contributed by atoms with Crippen molar-refractivity contribution in [3.05, 3.63) is 30.1 Å². The molecule has 14 heavy (non-hydrogen) atoms. The third-order valence-corrected chi connectivity index (χ3v) is 2.31. The van der Waals surface area contributed by atoms with Crippen LogP contribution >= 0.6 is 0 Å². The summed E-state index contributed by atoms with van der Waals surface area (Å²) in [4.78, 5) is 4.23. The Bertz CT molecular complexity index is 253. The molecule has 1 heterocycles. The zero-order valence-corrected chi connectivity index (χ0v) is 8.60. The minimum Gasteiger partial charge on any atom is -0.380 e. The molecule has 0 aromatic carbocycles. The van der Waals surface area contributed by atoms with Gasteiger partial charge >= 0.3 is 0 Å². The second kappa shape index (κ2) is 5.70. The third-order valence-electron chi connectivity index (χ3n) is 2.31. The summed E-state index contributed by atoms with van der Waals surface area (Å²) >= 11 is 0. The number of methoxy groups -OCH3 is 1. The van der Waals surface area contributed by atoms with E-state index in [0.29, 0.717) is 0 Å². The summed E-state index contributed by atoms with van der Waals surface area (Å²) in [5.41, 5.74) is 3.75. The lowest BCUT2D eigenvalue weighted by atomic mass is 10.1. The van der Waals surface area contributed by atoms with Crippen molar-refractivity contribution in [1.29, 1.82) is 0 Å². The van der Waals surface area contributed by atoms with Crippen molar-refractivity contribution in [2.45, 2.75) is 25.5 Å². The third kappa shape index (κ3) is 3.06. The minimum absolute atomic E-state index is 0.0713. The first-order valence-corrected chi connectivity index (χ1v) is 4.66. The van der Waals surface area contributed by atoms with Crippen molar-refractivity contribution >= 4 is 0 Å². The maximum atomic E-state index is 5.44. The Kier molecular flexibility index (Phi) is 4.52. The minimum atomic E-state index is 0.0713. The molecule has 0 saturated heterocycles. The van der Waals surface area contributed by atoms with Crippen molar-refractivity contribution in [2.75, 3.05) is 7.11 Å². The van der Waals surface area contributed by atoms with Gasteiger partial charge in [0.05, 0.1) is 12.1 Å². The van der Waals surface area contributed by atoms with Gasteiger partial charge in [-0.3, -0.25) is 16.3 Å². The molecule has 0 fully saturated rings. The van der Waals surface area contributed by atoms with Gasteiger partial charge in [-0.15, -0.1) is 0 Å². The highest BCUT2D eigenvalue weighted by Crippen LogP contribution is 2.04. The van der Waals surface area contributed by atoms with Gasteiger partial charge in [-0.1, -0.05) is 6.07 Å². The van der Waals surface area contributed by atoms with E-state index < -0.39 is 0 Å². The first-order chi connectivity index (χ1) is 6.77. The van der Waals surface area contributed by atoms with Gasteiger partial charge in [0.15, 0.2) is 0 Å². The highest BCUT2D eigenvalue weighted by atomic mass is 16.5. The van der Waals surface area contributed by atoms with Crippen molar-refractivity contribution in [3.8, 4) is 0 Å². The predicted octanol–water partition coefficient (Wildman–Crippen LogP) is 0.491. The van der Waals surface area contributed by atoms with Crippen LogP contribution in [0.5, 0.6) is 0 Å². The Labute approximate surface area is 84.4 Å². The van der Waals surface area contributed by atoms with Gasteiger partial charge in [0, 0.05) is 25.4 Å². The second-order valence-electron chi connectivity index (χ2n) is 3.24. The maximum Gasteiger partial charge on any atom is 0.0713 e. The molecule has 2 unspecified atom stereocenters. The highest BCUT2D eigenvalue weighted by Gasteiger charge is 2.15. The van der Waals surface area contributed by atoms with Crippen molar-refractivity contribution in [2.24, 2.45) is 5.84 Å². The molecule has 1 aromatic rings. The maximum absolute atomic E-state index is 5.44. The molecule has 0 aliphatic rings. The molecule has 0 spiro atoms. The summed E-state index contributed by atoms with van der Waals surface area (Å²) in [5, 5.41) is 0. The molecule has 78 valence electrons. The number of hydrogen-bond donors (Lipinski definition) is 2. The lowest BCUT2D eigenvalue weighted by Crippen LogP contribution is -2.45. The second-order valence-corrected chi connectivity index (χ2v) is 3.24. The summed E-state index contributed by atoms with van der Waals surface area (Å²) in [7, 11) is 1.67. The normalized spacial score (nSPS) is 15.1. The molecule has 1 rings (SSSR count). The van der Waals surface area contributed by atoms with Crippen LogP contribution in [0.25, 0.3) is 0 Å². The molecule has 3 N–H and O–H groups in total. The Morgan fingerprint density at radius 3 is 2.86 bits per heavy atom. The van der Waals surface area contributed by atoms with Gasteiger partial charge in [0.1, 0.15) is 0 Å². The molecule has 4 nitrogen and oxygen atoms in total. The number of rotatable bonds is 5. The van der Waals surface area contributed by atoms with Crippen molar-refractivity contribution in [3.63, 3.8) is 0 Å². The fourth-order valence-electron chi connectivity index (χ4n) is 1.27. The predicted molar refractivity (Wildman–Crippen MR) is 55.5 cm³/mol. The fraction of sp³-hybridized carbons (Fsp3) is 0.500. The van der Waals surface area contributed by atoms with E-state index in [1.807, 2.05) is 25.1 Å². The van der Waals surface area contributed by atoms with Crippen LogP contribution in [-0.2, 0) is 11.2 Å². The van der Waals surface area contributed by atoms with E-state index in [2.05, 4.69) is 10.4 Å². The van der Waals surface area contributed by atoms with E-state index in [0.717, 1.165) is 12.1 Å². The average molecular weight is 195 g/mol. The van der Waals surface area contributed by atoms with Crippen LogP contribution in [0.15, 0.2) is 24.4 Å². The van der Waals surface area contributed by atoms with Crippen LogP contribution in [0.2, 0.25) is 0 Å². The molecule has 2 atom stereocenters. The van der Waals surface area contributed by atoms with E-state index in [9.17, 15) is 0 Å². The molecule has 0 aliphatic heterocycles. The van der Waals surface area contributed by atoms with E-state index in [1.165, 1.54) is 0 Å². The zero-order chi connectivity index (χ0) is 10.4. The number of aromatic nitrogens is 1. The molecular formula is C10H17N3O. The van der Waals surface area contributed by atoms with Gasteiger partial charge in [-0.2, -0.15) is 0 Å². The van der Waals surface area contributed by atoms with Crippen LogP contribution in [0.4, 0.5) is 0 Å². The summed E-state index contributed by atoms with van der Waals surface area (Å²) in [6.07, 6.45) is 2.62. The number of pyridine rings is 1. The van der Waals surface area contributed by atoms with Gasteiger partial charge in [0.25, 0.3) is 0 Å². The SMILES string of the molecule is COC(C)C(Cc1ccccn1)NN. The molecule has 0 radical (unpaired) electrons. The molecule has 0 bridgehead atoms. The Balaban J connectivity index is 2.57. The molecule has 0 amide bonds. The Morgan fingerprint density at radius 1 is 1.57 bits per heavy atom. The fourth-order valence-corrected chi connectivity index (χ4v) is 1.27.